The molecule has 2 N–H and O–H groups in total. The van der Waals surface area contributed by atoms with E-state index in [-0.39, 0.29) is 23.8 Å². The number of carbonyl (C=O) groups is 4. The van der Waals surface area contributed by atoms with Crippen molar-refractivity contribution < 1.29 is 28.7 Å². The van der Waals surface area contributed by atoms with Gasteiger partial charge >= 0.3 is 0 Å². The number of piperidine rings is 2. The average Bonchev–Trinajstić information content (AvgIpc) is 3.37. The topological polar surface area (TPSA) is 143 Å². The Balaban J connectivity index is 0.933. The summed E-state index contributed by atoms with van der Waals surface area (Å²) in [6, 6.07) is 8.47. The number of carbonyl (C=O) groups excluding carboxylic acids is 4. The van der Waals surface area contributed by atoms with Gasteiger partial charge in [-0.1, -0.05) is 0 Å². The molecule has 51 heavy (non-hydrogen) atoms. The molecule has 13 heteroatoms. The molecule has 1 unspecified atom stereocenters. The molecule has 0 radical (unpaired) electrons. The molecule has 6 heterocycles. The molecular formula is C38H42N6O7. The van der Waals surface area contributed by atoms with Gasteiger partial charge in [-0.25, -0.2) is 0 Å². The SMILES string of the molecule is COc1cc(-c2cn(C)c(=O)c3c2CCCN3)cc(OC)c1CN1CCC2(CC1)CN(c1ccc3c(c1)C(=O)N(C1CCC(=O)NC1=O)C3=O)C2. The second kappa shape index (κ2) is 12.6. The van der Waals surface area contributed by atoms with E-state index in [0.717, 1.165) is 103 Å². The first-order valence-corrected chi connectivity index (χ1v) is 17.6. The molecule has 1 atom stereocenters. The Morgan fingerprint density at radius 2 is 1.59 bits per heavy atom. The standard InChI is InChI=1S/C38H42N6O7/c1-41-18-27(24-5-4-12-39-33(24)37(41)49)22-15-30(50-2)28(31(16-22)51-3)19-42-13-10-38(11-14-42)20-43(21-38)23-6-7-25-26(17-23)36(48)44(35(25)47)29-8-9-32(45)40-34(29)46/h6-7,15-18,29,39H,4-5,8-14,19-21H2,1-3H3,(H,40,45,46). The number of methoxy groups -OCH3 is 2. The monoisotopic (exact) mass is 694 g/mol. The Kier molecular flexibility index (Phi) is 8.12. The summed E-state index contributed by atoms with van der Waals surface area (Å²) in [6.45, 7) is 5.03. The summed E-state index contributed by atoms with van der Waals surface area (Å²) >= 11 is 0. The molecule has 2 aromatic carbocycles. The predicted octanol–water partition coefficient (Wildman–Crippen LogP) is 2.93. The van der Waals surface area contributed by atoms with E-state index in [2.05, 4.69) is 32.6 Å². The molecule has 1 spiro atoms. The molecule has 0 saturated carbocycles. The fourth-order valence-electron chi connectivity index (χ4n) is 8.56. The number of amides is 4. The van der Waals surface area contributed by atoms with Crippen LogP contribution in [0.5, 0.6) is 11.5 Å². The van der Waals surface area contributed by atoms with Gasteiger partial charge in [0, 0.05) is 62.5 Å². The number of imide groups is 2. The van der Waals surface area contributed by atoms with Gasteiger partial charge in [-0.3, -0.25) is 39.1 Å². The lowest BCUT2D eigenvalue weighted by molar-refractivity contribution is -0.136. The Hall–Kier alpha value is -5.17. The van der Waals surface area contributed by atoms with E-state index in [1.54, 1.807) is 38.0 Å². The van der Waals surface area contributed by atoms with Crippen molar-refractivity contribution in [1.29, 1.82) is 0 Å². The lowest BCUT2D eigenvalue weighted by atomic mass is 9.71. The van der Waals surface area contributed by atoms with Crippen molar-refractivity contribution in [3.63, 3.8) is 0 Å². The highest BCUT2D eigenvalue weighted by Gasteiger charge is 2.47. The number of anilines is 2. The van der Waals surface area contributed by atoms with Crippen LogP contribution in [0.25, 0.3) is 11.1 Å². The van der Waals surface area contributed by atoms with Crippen molar-refractivity contribution in [1.82, 2.24) is 19.7 Å². The van der Waals surface area contributed by atoms with Crippen LogP contribution < -0.4 is 30.6 Å². The Labute approximate surface area is 295 Å². The number of aromatic nitrogens is 1. The van der Waals surface area contributed by atoms with Crippen molar-refractivity contribution in [2.75, 3.05) is 57.2 Å². The smallest absolute Gasteiger partial charge is 0.273 e. The van der Waals surface area contributed by atoms with Crippen LogP contribution in [0.2, 0.25) is 0 Å². The molecule has 266 valence electrons. The van der Waals surface area contributed by atoms with Crippen LogP contribution in [0, 0.1) is 5.41 Å². The summed E-state index contributed by atoms with van der Waals surface area (Å²) in [5.74, 6) is -0.466. The second-order valence-electron chi connectivity index (χ2n) is 14.5. The molecule has 0 aliphatic carbocycles. The van der Waals surface area contributed by atoms with Crippen LogP contribution in [0.3, 0.4) is 0 Å². The number of pyridine rings is 1. The first kappa shape index (κ1) is 33.0. The minimum Gasteiger partial charge on any atom is -0.496 e. The number of hydrogen-bond acceptors (Lipinski definition) is 10. The van der Waals surface area contributed by atoms with Crippen molar-refractivity contribution in [3.05, 3.63) is 69.1 Å². The van der Waals surface area contributed by atoms with Crippen molar-refractivity contribution in [2.24, 2.45) is 12.5 Å². The van der Waals surface area contributed by atoms with Crippen LogP contribution in [-0.2, 0) is 29.6 Å². The second-order valence-corrected chi connectivity index (χ2v) is 14.5. The Morgan fingerprint density at radius 1 is 0.882 bits per heavy atom. The van der Waals surface area contributed by atoms with Gasteiger partial charge in [0.2, 0.25) is 11.8 Å². The van der Waals surface area contributed by atoms with Gasteiger partial charge in [0.15, 0.2) is 0 Å². The van der Waals surface area contributed by atoms with E-state index in [9.17, 15) is 24.0 Å². The number of ether oxygens (including phenoxy) is 2. The molecule has 8 rings (SSSR count). The maximum absolute atomic E-state index is 13.3. The molecule has 13 nitrogen and oxygen atoms in total. The van der Waals surface area contributed by atoms with Crippen LogP contribution >= 0.6 is 0 Å². The maximum Gasteiger partial charge on any atom is 0.273 e. The molecule has 4 amide bonds. The number of rotatable bonds is 7. The van der Waals surface area contributed by atoms with Crippen molar-refractivity contribution in [3.8, 4) is 22.6 Å². The highest BCUT2D eigenvalue weighted by atomic mass is 16.5. The van der Waals surface area contributed by atoms with Crippen molar-refractivity contribution in [2.45, 2.75) is 51.1 Å². The fraction of sp³-hybridized carbons (Fsp3) is 0.447. The van der Waals surface area contributed by atoms with E-state index < -0.39 is 29.7 Å². The number of fused-ring (bicyclic) bond motifs is 2. The summed E-state index contributed by atoms with van der Waals surface area (Å²) in [4.78, 5) is 69.1. The average molecular weight is 695 g/mol. The first-order chi connectivity index (χ1) is 24.6. The van der Waals surface area contributed by atoms with E-state index >= 15 is 0 Å². The zero-order valence-corrected chi connectivity index (χ0v) is 29.2. The number of aryl methyl sites for hydroxylation is 1. The number of nitrogens with one attached hydrogen (secondary N) is 2. The Morgan fingerprint density at radius 3 is 2.27 bits per heavy atom. The first-order valence-electron chi connectivity index (χ1n) is 17.6. The predicted molar refractivity (Wildman–Crippen MR) is 189 cm³/mol. The third-order valence-corrected chi connectivity index (χ3v) is 11.4. The van der Waals surface area contributed by atoms with Crippen LogP contribution in [0.1, 0.15) is 63.9 Å². The third-order valence-electron chi connectivity index (χ3n) is 11.4. The van der Waals surface area contributed by atoms with Gasteiger partial charge in [0.25, 0.3) is 17.4 Å². The minimum atomic E-state index is -0.975. The summed E-state index contributed by atoms with van der Waals surface area (Å²) < 4.78 is 13.5. The summed E-state index contributed by atoms with van der Waals surface area (Å²) in [5.41, 5.74) is 6.30. The molecule has 3 saturated heterocycles. The number of hydrogen-bond donors (Lipinski definition) is 2. The van der Waals surface area contributed by atoms with Gasteiger partial charge in [0.05, 0.1) is 30.9 Å². The molecule has 5 aliphatic rings. The number of likely N-dealkylation sites (tertiary alicyclic amines) is 1. The van der Waals surface area contributed by atoms with E-state index in [1.165, 1.54) is 0 Å². The highest BCUT2D eigenvalue weighted by molar-refractivity contribution is 6.23. The third kappa shape index (κ3) is 5.54. The van der Waals surface area contributed by atoms with Gasteiger partial charge in [0.1, 0.15) is 23.2 Å². The fourth-order valence-corrected chi connectivity index (χ4v) is 8.56. The van der Waals surface area contributed by atoms with Crippen LogP contribution in [0.4, 0.5) is 11.4 Å². The lowest BCUT2D eigenvalue weighted by Gasteiger charge is -2.55. The highest BCUT2D eigenvalue weighted by Crippen LogP contribution is 2.45. The molecule has 3 aromatic rings. The molecule has 5 aliphatic heterocycles. The maximum atomic E-state index is 13.3. The van der Waals surface area contributed by atoms with Crippen LogP contribution in [-0.4, -0.2) is 91.0 Å². The van der Waals surface area contributed by atoms with E-state index in [1.807, 2.05) is 12.3 Å². The van der Waals surface area contributed by atoms with Gasteiger partial charge in [-0.15, -0.1) is 0 Å². The lowest BCUT2D eigenvalue weighted by Crippen LogP contribution is -2.60. The van der Waals surface area contributed by atoms with Gasteiger partial charge in [-0.05, 0) is 86.7 Å². The minimum absolute atomic E-state index is 0.0151. The quantitative estimate of drug-likeness (QED) is 0.355. The zero-order valence-electron chi connectivity index (χ0n) is 29.2. The molecule has 0 bridgehead atoms. The zero-order chi connectivity index (χ0) is 35.6. The summed E-state index contributed by atoms with van der Waals surface area (Å²) in [5, 5.41) is 5.55. The summed E-state index contributed by atoms with van der Waals surface area (Å²) in [6.07, 6.45) is 5.98. The van der Waals surface area contributed by atoms with Crippen LogP contribution in [0.15, 0.2) is 41.3 Å². The summed E-state index contributed by atoms with van der Waals surface area (Å²) in [7, 11) is 5.15. The normalized spacial score (nSPS) is 21.2. The largest absolute Gasteiger partial charge is 0.496 e. The van der Waals surface area contributed by atoms with Gasteiger partial charge in [-0.2, -0.15) is 0 Å². The molecular weight excluding hydrogens is 652 g/mol. The Bertz CT molecular complexity index is 2020. The number of benzene rings is 2. The van der Waals surface area contributed by atoms with Crippen molar-refractivity contribution >= 4 is 35.0 Å². The van der Waals surface area contributed by atoms with Gasteiger partial charge < -0.3 is 24.3 Å². The van der Waals surface area contributed by atoms with E-state index in [4.69, 9.17) is 9.47 Å². The number of nitrogens with zero attached hydrogens (tertiary/aromatic N) is 4. The molecule has 3 fully saturated rings. The van der Waals surface area contributed by atoms with E-state index in [0.29, 0.717) is 23.4 Å². The molecule has 1 aromatic heterocycles.